The monoisotopic (exact) mass is 212 g/mol. The van der Waals surface area contributed by atoms with Crippen LogP contribution in [0.5, 0.6) is 0 Å². The molecule has 1 aromatic rings. The maximum Gasteiger partial charge on any atom is 0.271 e. The summed E-state index contributed by atoms with van der Waals surface area (Å²) in [6, 6.07) is -0.206. The van der Waals surface area contributed by atoms with Crippen molar-refractivity contribution >= 4 is 5.91 Å². The van der Waals surface area contributed by atoms with Gasteiger partial charge in [-0.2, -0.15) is 0 Å². The summed E-state index contributed by atoms with van der Waals surface area (Å²) in [4.78, 5) is 11.1. The third-order valence-electron chi connectivity index (χ3n) is 2.19. The number of aromatic nitrogens is 3. The van der Waals surface area contributed by atoms with E-state index in [0.29, 0.717) is 5.69 Å². The minimum atomic E-state index is -0.588. The molecule has 0 fully saturated rings. The molecule has 1 amide bonds. The van der Waals surface area contributed by atoms with Gasteiger partial charge in [0.25, 0.3) is 5.91 Å². The number of carbonyl (C=O) groups excluding carboxylic acids is 1. The van der Waals surface area contributed by atoms with Crippen LogP contribution in [0.3, 0.4) is 0 Å². The van der Waals surface area contributed by atoms with E-state index in [2.05, 4.69) is 10.3 Å². The van der Waals surface area contributed by atoms with Crippen LogP contribution in [-0.2, 0) is 0 Å². The van der Waals surface area contributed by atoms with Crippen LogP contribution < -0.4 is 5.73 Å². The second-order valence-corrected chi connectivity index (χ2v) is 3.82. The lowest BCUT2D eigenvalue weighted by Crippen LogP contribution is -2.19. The first-order chi connectivity index (χ1) is 6.99. The topological polar surface area (TPSA) is 94.0 Å². The van der Waals surface area contributed by atoms with Gasteiger partial charge in [-0.15, -0.1) is 5.10 Å². The summed E-state index contributed by atoms with van der Waals surface area (Å²) in [7, 11) is 0. The molecule has 0 spiro atoms. The summed E-state index contributed by atoms with van der Waals surface area (Å²) in [6.45, 7) is 5.59. The number of nitrogens with zero attached hydrogens (tertiary/aromatic N) is 3. The second kappa shape index (κ2) is 4.39. The molecule has 0 radical (unpaired) electrons. The van der Waals surface area contributed by atoms with Gasteiger partial charge in [-0.1, -0.05) is 19.1 Å². The number of aliphatic hydroxyl groups is 1. The molecule has 84 valence electrons. The van der Waals surface area contributed by atoms with Gasteiger partial charge in [-0.05, 0) is 12.8 Å². The molecule has 0 bridgehead atoms. The van der Waals surface area contributed by atoms with Crippen molar-refractivity contribution < 1.29 is 9.90 Å². The molecule has 6 nitrogen and oxygen atoms in total. The van der Waals surface area contributed by atoms with E-state index in [1.165, 1.54) is 0 Å². The Kier molecular flexibility index (Phi) is 3.41. The zero-order valence-electron chi connectivity index (χ0n) is 9.14. The Bertz CT molecular complexity index is 359. The summed E-state index contributed by atoms with van der Waals surface area (Å²) >= 11 is 0. The first kappa shape index (κ1) is 11.6. The van der Waals surface area contributed by atoms with Crippen LogP contribution in [-0.4, -0.2) is 32.6 Å². The molecule has 0 aliphatic carbocycles. The van der Waals surface area contributed by atoms with Crippen molar-refractivity contribution in [3.05, 3.63) is 11.4 Å². The lowest BCUT2D eigenvalue weighted by molar-refractivity contribution is 0.0994. The normalized spacial score (nSPS) is 13.1. The van der Waals surface area contributed by atoms with E-state index < -0.39 is 5.91 Å². The highest BCUT2D eigenvalue weighted by atomic mass is 16.3. The first-order valence-electron chi connectivity index (χ1n) is 4.84. The van der Waals surface area contributed by atoms with Gasteiger partial charge in [-0.3, -0.25) is 4.79 Å². The second-order valence-electron chi connectivity index (χ2n) is 3.82. The van der Waals surface area contributed by atoms with Crippen molar-refractivity contribution in [1.29, 1.82) is 0 Å². The zero-order valence-corrected chi connectivity index (χ0v) is 9.14. The number of carbonyl (C=O) groups is 1. The van der Waals surface area contributed by atoms with Gasteiger partial charge in [-0.25, -0.2) is 4.68 Å². The minimum Gasteiger partial charge on any atom is -0.394 e. The van der Waals surface area contributed by atoms with Crippen molar-refractivity contribution in [2.45, 2.75) is 32.7 Å². The van der Waals surface area contributed by atoms with Crippen LogP contribution in [0.2, 0.25) is 0 Å². The molecule has 1 rings (SSSR count). The zero-order chi connectivity index (χ0) is 11.6. The Morgan fingerprint density at radius 1 is 1.53 bits per heavy atom. The fourth-order valence-electron chi connectivity index (χ4n) is 1.42. The van der Waals surface area contributed by atoms with E-state index in [4.69, 9.17) is 10.8 Å². The molecule has 1 aromatic heterocycles. The summed E-state index contributed by atoms with van der Waals surface area (Å²) in [6.07, 6.45) is 0. The highest BCUT2D eigenvalue weighted by molar-refractivity contribution is 5.91. The van der Waals surface area contributed by atoms with Gasteiger partial charge in [0.15, 0.2) is 5.69 Å². The number of rotatable bonds is 4. The number of hydrogen-bond donors (Lipinski definition) is 2. The summed E-state index contributed by atoms with van der Waals surface area (Å²) in [5, 5.41) is 16.6. The summed E-state index contributed by atoms with van der Waals surface area (Å²) in [5.41, 5.74) is 6.05. The molecular weight excluding hydrogens is 196 g/mol. The van der Waals surface area contributed by atoms with Crippen LogP contribution in [0.15, 0.2) is 0 Å². The number of hydrogen-bond acceptors (Lipinski definition) is 4. The highest BCUT2D eigenvalue weighted by Crippen LogP contribution is 2.20. The van der Waals surface area contributed by atoms with E-state index in [-0.39, 0.29) is 24.3 Å². The molecule has 0 aliphatic heterocycles. The van der Waals surface area contributed by atoms with Crippen LogP contribution >= 0.6 is 0 Å². The number of amides is 1. The molecule has 0 aliphatic rings. The van der Waals surface area contributed by atoms with Gasteiger partial charge >= 0.3 is 0 Å². The lowest BCUT2D eigenvalue weighted by atomic mass is 10.1. The molecule has 6 heteroatoms. The van der Waals surface area contributed by atoms with Crippen molar-refractivity contribution in [2.75, 3.05) is 6.61 Å². The molecule has 15 heavy (non-hydrogen) atoms. The molecule has 3 N–H and O–H groups in total. The lowest BCUT2D eigenvalue weighted by Gasteiger charge is -2.14. The van der Waals surface area contributed by atoms with E-state index in [1.54, 1.807) is 11.6 Å². The fraction of sp³-hybridized carbons (Fsp3) is 0.667. The van der Waals surface area contributed by atoms with Gasteiger partial charge in [0.05, 0.1) is 18.3 Å². The smallest absolute Gasteiger partial charge is 0.271 e. The average Bonchev–Trinajstić information content (AvgIpc) is 2.60. The van der Waals surface area contributed by atoms with E-state index in [1.807, 2.05) is 13.8 Å². The van der Waals surface area contributed by atoms with Crippen LogP contribution in [0.25, 0.3) is 0 Å². The number of aliphatic hydroxyl groups excluding tert-OH is 1. The Labute approximate surface area is 88.1 Å². The summed E-state index contributed by atoms with van der Waals surface area (Å²) < 4.78 is 1.55. The molecular formula is C9H16N4O2. The van der Waals surface area contributed by atoms with E-state index in [0.717, 1.165) is 0 Å². The molecule has 1 heterocycles. The Balaban J connectivity index is 3.24. The fourth-order valence-corrected chi connectivity index (χ4v) is 1.42. The maximum absolute atomic E-state index is 11.1. The van der Waals surface area contributed by atoms with Gasteiger partial charge in [0.1, 0.15) is 0 Å². The minimum absolute atomic E-state index is 0.0543. The number of nitrogens with two attached hydrogens (primary N) is 1. The first-order valence-corrected chi connectivity index (χ1v) is 4.84. The number of primary amides is 1. The van der Waals surface area contributed by atoms with Crippen LogP contribution in [0, 0.1) is 0 Å². The molecule has 0 saturated carbocycles. The highest BCUT2D eigenvalue weighted by Gasteiger charge is 2.22. The van der Waals surface area contributed by atoms with Crippen molar-refractivity contribution in [1.82, 2.24) is 15.0 Å². The van der Waals surface area contributed by atoms with Gasteiger partial charge in [0, 0.05) is 0 Å². The van der Waals surface area contributed by atoms with E-state index >= 15 is 0 Å². The van der Waals surface area contributed by atoms with Crippen LogP contribution in [0.1, 0.15) is 48.9 Å². The Morgan fingerprint density at radius 2 is 2.13 bits per heavy atom. The molecule has 0 aromatic carbocycles. The third-order valence-corrected chi connectivity index (χ3v) is 2.19. The predicted octanol–water partition coefficient (Wildman–Crippen LogP) is 0.0537. The predicted molar refractivity (Wildman–Crippen MR) is 54.4 cm³/mol. The maximum atomic E-state index is 11.1. The van der Waals surface area contributed by atoms with Crippen molar-refractivity contribution in [2.24, 2.45) is 5.73 Å². The Hall–Kier alpha value is -1.43. The largest absolute Gasteiger partial charge is 0.394 e. The Morgan fingerprint density at radius 3 is 2.53 bits per heavy atom. The molecule has 0 saturated heterocycles. The molecule has 1 unspecified atom stereocenters. The van der Waals surface area contributed by atoms with Crippen molar-refractivity contribution in [3.8, 4) is 0 Å². The van der Waals surface area contributed by atoms with Crippen molar-refractivity contribution in [3.63, 3.8) is 0 Å². The quantitative estimate of drug-likeness (QED) is 0.737. The van der Waals surface area contributed by atoms with Crippen LogP contribution in [0.4, 0.5) is 0 Å². The average molecular weight is 212 g/mol. The van der Waals surface area contributed by atoms with Gasteiger partial charge < -0.3 is 10.8 Å². The molecule has 1 atom stereocenters. The third kappa shape index (κ3) is 2.15. The summed E-state index contributed by atoms with van der Waals surface area (Å²) in [5.74, 6) is -0.508. The van der Waals surface area contributed by atoms with E-state index in [9.17, 15) is 4.79 Å². The van der Waals surface area contributed by atoms with Gasteiger partial charge in [0.2, 0.25) is 0 Å². The SMILES string of the molecule is CC(C)c1c(C(N)=O)nnn1C(C)CO. The standard InChI is InChI=1S/C9H16N4O2/c1-5(2)8-7(9(10)15)11-12-13(8)6(3)4-14/h5-6,14H,4H2,1-3H3,(H2,10,15).